The van der Waals surface area contributed by atoms with E-state index >= 15 is 0 Å². The molecule has 0 saturated heterocycles. The van der Waals surface area contributed by atoms with Crippen molar-refractivity contribution >= 4 is 27.5 Å². The summed E-state index contributed by atoms with van der Waals surface area (Å²) in [6.45, 7) is 1.75. The number of nitrogens with zero attached hydrogens (tertiary/aromatic N) is 2. The number of carbonyl (C=O) groups is 1. The zero-order chi connectivity index (χ0) is 18.8. The fourth-order valence-corrected chi connectivity index (χ4v) is 4.20. The van der Waals surface area contributed by atoms with Crippen LogP contribution >= 0.6 is 11.3 Å². The number of thiazole rings is 1. The molecule has 140 valence electrons. The van der Waals surface area contributed by atoms with Gasteiger partial charge in [-0.15, -0.1) is 11.3 Å². The summed E-state index contributed by atoms with van der Waals surface area (Å²) in [4.78, 5) is 18.8. The molecular formula is C20H21N3O3S. The topological polar surface area (TPSA) is 88.7 Å². The van der Waals surface area contributed by atoms with E-state index in [1.165, 1.54) is 0 Å². The molecule has 2 aromatic carbocycles. The number of hydrogen-bond acceptors (Lipinski definition) is 6. The van der Waals surface area contributed by atoms with Crippen molar-refractivity contribution in [1.29, 1.82) is 0 Å². The number of aromatic nitrogens is 1. The van der Waals surface area contributed by atoms with Crippen molar-refractivity contribution < 1.29 is 14.6 Å². The largest absolute Gasteiger partial charge is 0.504 e. The van der Waals surface area contributed by atoms with E-state index in [1.54, 1.807) is 22.3 Å². The summed E-state index contributed by atoms with van der Waals surface area (Å²) in [5, 5.41) is 11.3. The molecule has 0 unspecified atom stereocenters. The Morgan fingerprint density at radius 2 is 2.19 bits per heavy atom. The lowest BCUT2D eigenvalue weighted by atomic mass is 10.1. The first kappa shape index (κ1) is 17.8. The average molecular weight is 383 g/mol. The Kier molecular flexibility index (Phi) is 4.96. The Morgan fingerprint density at radius 3 is 3.00 bits per heavy atom. The predicted molar refractivity (Wildman–Crippen MR) is 106 cm³/mol. The van der Waals surface area contributed by atoms with Crippen molar-refractivity contribution in [2.45, 2.75) is 19.4 Å². The molecule has 0 aliphatic carbocycles. The molecule has 3 N–H and O–H groups in total. The van der Waals surface area contributed by atoms with Crippen LogP contribution in [0.1, 0.15) is 18.4 Å². The molecule has 7 heteroatoms. The van der Waals surface area contributed by atoms with Crippen LogP contribution in [-0.4, -0.2) is 40.6 Å². The molecule has 0 fully saturated rings. The van der Waals surface area contributed by atoms with E-state index in [-0.39, 0.29) is 11.7 Å². The highest BCUT2D eigenvalue weighted by Crippen LogP contribution is 2.39. The summed E-state index contributed by atoms with van der Waals surface area (Å²) in [5.74, 6) is 0.591. The van der Waals surface area contributed by atoms with Gasteiger partial charge in [0.2, 0.25) is 5.91 Å². The minimum absolute atomic E-state index is 0.0572. The first-order valence-corrected chi connectivity index (χ1v) is 9.80. The maximum Gasteiger partial charge on any atom is 0.223 e. The summed E-state index contributed by atoms with van der Waals surface area (Å²) in [6.07, 6.45) is 1.09. The average Bonchev–Trinajstić information content (AvgIpc) is 2.98. The summed E-state index contributed by atoms with van der Waals surface area (Å²) in [6, 6.07) is 11.6. The van der Waals surface area contributed by atoms with Crippen LogP contribution in [0.2, 0.25) is 0 Å². The van der Waals surface area contributed by atoms with Gasteiger partial charge >= 0.3 is 0 Å². The number of aromatic hydroxyl groups is 1. The Morgan fingerprint density at radius 1 is 1.33 bits per heavy atom. The smallest absolute Gasteiger partial charge is 0.223 e. The third-order valence-corrected chi connectivity index (χ3v) is 5.69. The molecule has 4 rings (SSSR count). The number of benzene rings is 2. The number of rotatable bonds is 4. The van der Waals surface area contributed by atoms with Crippen LogP contribution in [0.5, 0.6) is 11.5 Å². The van der Waals surface area contributed by atoms with Crippen LogP contribution in [-0.2, 0) is 11.3 Å². The summed E-state index contributed by atoms with van der Waals surface area (Å²) >= 11 is 1.58. The molecule has 0 atom stereocenters. The van der Waals surface area contributed by atoms with Crippen molar-refractivity contribution in [3.63, 3.8) is 0 Å². The molecule has 1 aliphatic heterocycles. The zero-order valence-corrected chi connectivity index (χ0v) is 15.7. The predicted octanol–water partition coefficient (Wildman–Crippen LogP) is 3.13. The second-order valence-corrected chi connectivity index (χ2v) is 7.56. The van der Waals surface area contributed by atoms with Crippen molar-refractivity contribution in [2.24, 2.45) is 5.73 Å². The van der Waals surface area contributed by atoms with Gasteiger partial charge in [-0.25, -0.2) is 4.98 Å². The Hall–Kier alpha value is -2.64. The van der Waals surface area contributed by atoms with E-state index < -0.39 is 0 Å². The normalized spacial score (nSPS) is 13.9. The highest BCUT2D eigenvalue weighted by molar-refractivity contribution is 7.21. The number of amides is 1. The van der Waals surface area contributed by atoms with Gasteiger partial charge in [0.25, 0.3) is 0 Å². The monoisotopic (exact) mass is 383 g/mol. The van der Waals surface area contributed by atoms with E-state index in [1.807, 2.05) is 30.3 Å². The fraction of sp³-hybridized carbons (Fsp3) is 0.300. The second kappa shape index (κ2) is 7.54. The standard InChI is InChI=1S/C20H21N3O3S/c21-7-3-6-18(25)23-8-9-26-19-14(12-23)10-13(11-16(19)24)20-22-15-4-1-2-5-17(15)27-20/h1-2,4-5,10-11,24H,3,6-9,12,21H2. The van der Waals surface area contributed by atoms with E-state index in [2.05, 4.69) is 4.98 Å². The molecule has 27 heavy (non-hydrogen) atoms. The molecule has 2 heterocycles. The molecule has 0 spiro atoms. The number of fused-ring (bicyclic) bond motifs is 2. The number of ether oxygens (including phenoxy) is 1. The van der Waals surface area contributed by atoms with Gasteiger partial charge in [0.05, 0.1) is 16.8 Å². The Bertz CT molecular complexity index is 953. The van der Waals surface area contributed by atoms with Crippen LogP contribution in [0.3, 0.4) is 0 Å². The lowest BCUT2D eigenvalue weighted by molar-refractivity contribution is -0.132. The molecule has 0 radical (unpaired) electrons. The van der Waals surface area contributed by atoms with Gasteiger partial charge in [-0.2, -0.15) is 0 Å². The Labute approximate surface area is 161 Å². The van der Waals surface area contributed by atoms with Gasteiger partial charge in [-0.05, 0) is 37.2 Å². The van der Waals surface area contributed by atoms with Crippen molar-refractivity contribution in [2.75, 3.05) is 19.7 Å². The number of nitrogens with two attached hydrogens (primary N) is 1. The van der Waals surface area contributed by atoms with E-state index in [9.17, 15) is 9.90 Å². The Balaban J connectivity index is 1.68. The van der Waals surface area contributed by atoms with E-state index in [4.69, 9.17) is 10.5 Å². The van der Waals surface area contributed by atoms with Gasteiger partial charge in [-0.1, -0.05) is 12.1 Å². The third-order valence-electron chi connectivity index (χ3n) is 4.60. The summed E-state index contributed by atoms with van der Waals surface area (Å²) in [5.41, 5.74) is 8.07. The number of phenolic OH excluding ortho intramolecular Hbond substituents is 1. The van der Waals surface area contributed by atoms with Gasteiger partial charge in [0, 0.05) is 24.1 Å². The molecule has 0 saturated carbocycles. The minimum Gasteiger partial charge on any atom is -0.504 e. The molecular weight excluding hydrogens is 362 g/mol. The zero-order valence-electron chi connectivity index (χ0n) is 14.9. The van der Waals surface area contributed by atoms with Gasteiger partial charge in [0.1, 0.15) is 11.6 Å². The van der Waals surface area contributed by atoms with E-state index in [0.717, 1.165) is 26.4 Å². The molecule has 6 nitrogen and oxygen atoms in total. The lowest BCUT2D eigenvalue weighted by Gasteiger charge is -2.20. The van der Waals surface area contributed by atoms with Crippen LogP contribution in [0, 0.1) is 0 Å². The molecule has 1 aromatic heterocycles. The maximum absolute atomic E-state index is 12.4. The molecule has 0 bridgehead atoms. The maximum atomic E-state index is 12.4. The molecule has 3 aromatic rings. The third kappa shape index (κ3) is 3.61. The summed E-state index contributed by atoms with van der Waals surface area (Å²) in [7, 11) is 0. The highest BCUT2D eigenvalue weighted by atomic mass is 32.1. The SMILES string of the molecule is NCCCC(=O)N1CCOc2c(O)cc(-c3nc4ccccc4s3)cc2C1. The molecule has 1 aliphatic rings. The van der Waals surface area contributed by atoms with Gasteiger partial charge < -0.3 is 20.5 Å². The van der Waals surface area contributed by atoms with Crippen LogP contribution in [0.15, 0.2) is 36.4 Å². The van der Waals surface area contributed by atoms with E-state index in [0.29, 0.717) is 44.8 Å². The number of para-hydroxylation sites is 1. The lowest BCUT2D eigenvalue weighted by Crippen LogP contribution is -2.32. The van der Waals surface area contributed by atoms with Crippen LogP contribution in [0.25, 0.3) is 20.8 Å². The molecule has 1 amide bonds. The van der Waals surface area contributed by atoms with Crippen LogP contribution < -0.4 is 10.5 Å². The van der Waals surface area contributed by atoms with Crippen molar-refractivity contribution in [3.05, 3.63) is 42.0 Å². The first-order valence-electron chi connectivity index (χ1n) is 8.98. The van der Waals surface area contributed by atoms with Crippen molar-refractivity contribution in [3.8, 4) is 22.1 Å². The number of phenols is 1. The minimum atomic E-state index is 0.0572. The highest BCUT2D eigenvalue weighted by Gasteiger charge is 2.23. The first-order chi connectivity index (χ1) is 13.2. The van der Waals surface area contributed by atoms with Gasteiger partial charge in [-0.3, -0.25) is 4.79 Å². The second-order valence-electron chi connectivity index (χ2n) is 6.53. The number of hydrogen-bond donors (Lipinski definition) is 2. The number of carbonyl (C=O) groups excluding carboxylic acids is 1. The van der Waals surface area contributed by atoms with Gasteiger partial charge in [0.15, 0.2) is 11.5 Å². The van der Waals surface area contributed by atoms with Crippen molar-refractivity contribution in [1.82, 2.24) is 9.88 Å². The summed E-state index contributed by atoms with van der Waals surface area (Å²) < 4.78 is 6.82. The quantitative estimate of drug-likeness (QED) is 0.723. The fourth-order valence-electron chi connectivity index (χ4n) is 3.24. The van der Waals surface area contributed by atoms with Crippen LogP contribution in [0.4, 0.5) is 0 Å².